The Morgan fingerprint density at radius 1 is 1.00 bits per heavy atom. The Hall–Kier alpha value is -1.64. The molecule has 0 aromatic heterocycles. The third-order valence-electron chi connectivity index (χ3n) is 4.26. The van der Waals surface area contributed by atoms with Crippen molar-refractivity contribution < 1.29 is 0 Å². The molecule has 0 fully saturated rings. The van der Waals surface area contributed by atoms with Gasteiger partial charge in [0.15, 0.2) is 0 Å². The molecule has 0 bridgehead atoms. The van der Waals surface area contributed by atoms with E-state index in [1.54, 1.807) is 0 Å². The summed E-state index contributed by atoms with van der Waals surface area (Å²) in [6.45, 7) is 5.98. The van der Waals surface area contributed by atoms with Gasteiger partial charge in [0.05, 0.1) is 0 Å². The van der Waals surface area contributed by atoms with Gasteiger partial charge >= 0.3 is 0 Å². The van der Waals surface area contributed by atoms with Gasteiger partial charge in [-0.15, -0.1) is 0 Å². The first-order valence-electron chi connectivity index (χ1n) is 7.62. The van der Waals surface area contributed by atoms with Crippen molar-refractivity contribution in [2.45, 2.75) is 32.4 Å². The highest BCUT2D eigenvalue weighted by Gasteiger charge is 2.21. The molecule has 0 aliphatic rings. The van der Waals surface area contributed by atoms with Crippen molar-refractivity contribution in [3.05, 3.63) is 71.3 Å². The molecule has 2 rings (SSSR count). The molecule has 0 saturated carbocycles. The molecule has 2 unspecified atom stereocenters. The van der Waals surface area contributed by atoms with Crippen LogP contribution in [0, 0.1) is 6.92 Å². The van der Waals surface area contributed by atoms with Crippen LogP contribution in [0.1, 0.15) is 29.5 Å². The number of nitrogens with zero attached hydrogens (tertiary/aromatic N) is 1. The lowest BCUT2D eigenvalue weighted by atomic mass is 9.92. The Balaban J connectivity index is 2.07. The molecule has 2 atom stereocenters. The van der Waals surface area contributed by atoms with Gasteiger partial charge in [-0.3, -0.25) is 4.90 Å². The highest BCUT2D eigenvalue weighted by Crippen LogP contribution is 2.23. The van der Waals surface area contributed by atoms with E-state index in [4.69, 9.17) is 5.73 Å². The lowest BCUT2D eigenvalue weighted by molar-refractivity contribution is 0.213. The van der Waals surface area contributed by atoms with Crippen LogP contribution in [0.3, 0.4) is 0 Å². The molecule has 112 valence electrons. The molecule has 0 aliphatic carbocycles. The number of aryl methyl sites for hydroxylation is 1. The summed E-state index contributed by atoms with van der Waals surface area (Å²) in [5.74, 6) is 0.423. The number of rotatable bonds is 6. The van der Waals surface area contributed by atoms with Gasteiger partial charge in [-0.25, -0.2) is 0 Å². The zero-order chi connectivity index (χ0) is 15.2. The van der Waals surface area contributed by atoms with E-state index in [0.717, 1.165) is 6.54 Å². The van der Waals surface area contributed by atoms with Crippen molar-refractivity contribution in [1.82, 2.24) is 4.90 Å². The van der Waals surface area contributed by atoms with Crippen molar-refractivity contribution in [2.75, 3.05) is 13.6 Å². The number of nitrogens with two attached hydrogens (primary N) is 1. The second kappa shape index (κ2) is 7.39. The fraction of sp³-hybridized carbons (Fsp3) is 0.368. The molecule has 21 heavy (non-hydrogen) atoms. The molecule has 2 heteroatoms. The molecular weight excluding hydrogens is 256 g/mol. The summed E-state index contributed by atoms with van der Waals surface area (Å²) in [5, 5.41) is 0. The minimum absolute atomic E-state index is 0.341. The summed E-state index contributed by atoms with van der Waals surface area (Å²) in [5.41, 5.74) is 10.0. The quantitative estimate of drug-likeness (QED) is 0.878. The predicted molar refractivity (Wildman–Crippen MR) is 90.3 cm³/mol. The summed E-state index contributed by atoms with van der Waals surface area (Å²) in [4.78, 5) is 2.36. The van der Waals surface area contributed by atoms with E-state index in [9.17, 15) is 0 Å². The molecule has 2 aromatic rings. The summed E-state index contributed by atoms with van der Waals surface area (Å²) >= 11 is 0. The lowest BCUT2D eigenvalue weighted by Crippen LogP contribution is -2.41. The minimum atomic E-state index is 0.341. The number of hydrogen-bond donors (Lipinski definition) is 1. The van der Waals surface area contributed by atoms with Gasteiger partial charge in [0.2, 0.25) is 0 Å². The van der Waals surface area contributed by atoms with Gasteiger partial charge in [-0.2, -0.15) is 0 Å². The maximum absolute atomic E-state index is 6.05. The predicted octanol–water partition coefficient (Wildman–Crippen LogP) is 3.56. The van der Waals surface area contributed by atoms with Crippen LogP contribution in [0.15, 0.2) is 54.6 Å². The standard InChI is InChI=1S/C19H26N2/c1-15-9-11-17(12-10-15)14-21(3)19(13-20)16(2)18-7-5-4-6-8-18/h4-12,16,19H,13-14,20H2,1-3H3. The van der Waals surface area contributed by atoms with E-state index < -0.39 is 0 Å². The number of benzene rings is 2. The average Bonchev–Trinajstić information content (AvgIpc) is 2.51. The van der Waals surface area contributed by atoms with E-state index in [2.05, 4.69) is 80.4 Å². The van der Waals surface area contributed by atoms with Crippen LogP contribution in [0.4, 0.5) is 0 Å². The molecule has 0 aliphatic heterocycles. The molecule has 2 N–H and O–H groups in total. The van der Waals surface area contributed by atoms with Gasteiger partial charge in [-0.05, 0) is 31.0 Å². The second-order valence-corrected chi connectivity index (χ2v) is 5.90. The Morgan fingerprint density at radius 2 is 1.62 bits per heavy atom. The van der Waals surface area contributed by atoms with E-state index >= 15 is 0 Å². The highest BCUT2D eigenvalue weighted by molar-refractivity contribution is 5.23. The zero-order valence-corrected chi connectivity index (χ0v) is 13.3. The average molecular weight is 282 g/mol. The Morgan fingerprint density at radius 3 is 2.19 bits per heavy atom. The Bertz CT molecular complexity index is 533. The van der Waals surface area contributed by atoms with E-state index in [-0.39, 0.29) is 0 Å². The van der Waals surface area contributed by atoms with Crippen LogP contribution in [0.5, 0.6) is 0 Å². The maximum atomic E-state index is 6.05. The first-order valence-corrected chi connectivity index (χ1v) is 7.62. The van der Waals surface area contributed by atoms with Gasteiger partial charge < -0.3 is 5.73 Å². The van der Waals surface area contributed by atoms with E-state index in [1.165, 1.54) is 16.7 Å². The van der Waals surface area contributed by atoms with Crippen LogP contribution >= 0.6 is 0 Å². The normalized spacial score (nSPS) is 14.1. The lowest BCUT2D eigenvalue weighted by Gasteiger charge is -2.32. The summed E-state index contributed by atoms with van der Waals surface area (Å²) in [7, 11) is 2.16. The van der Waals surface area contributed by atoms with Crippen LogP contribution in [-0.2, 0) is 6.54 Å². The molecule has 0 saturated heterocycles. The molecule has 0 amide bonds. The number of hydrogen-bond acceptors (Lipinski definition) is 2. The SMILES string of the molecule is Cc1ccc(CN(C)C(CN)C(C)c2ccccc2)cc1. The van der Waals surface area contributed by atoms with Gasteiger partial charge in [-0.1, -0.05) is 67.1 Å². The van der Waals surface area contributed by atoms with Crippen LogP contribution in [0.2, 0.25) is 0 Å². The molecule has 0 radical (unpaired) electrons. The van der Waals surface area contributed by atoms with Crippen molar-refractivity contribution >= 4 is 0 Å². The zero-order valence-electron chi connectivity index (χ0n) is 13.3. The largest absolute Gasteiger partial charge is 0.329 e. The number of likely N-dealkylation sites (N-methyl/N-ethyl adjacent to an activating group) is 1. The van der Waals surface area contributed by atoms with E-state index in [1.807, 2.05) is 0 Å². The first-order chi connectivity index (χ1) is 10.1. The van der Waals surface area contributed by atoms with Crippen molar-refractivity contribution in [3.63, 3.8) is 0 Å². The summed E-state index contributed by atoms with van der Waals surface area (Å²) in [6, 6.07) is 19.7. The van der Waals surface area contributed by atoms with Crippen molar-refractivity contribution in [1.29, 1.82) is 0 Å². The van der Waals surface area contributed by atoms with Gasteiger partial charge in [0.25, 0.3) is 0 Å². The monoisotopic (exact) mass is 282 g/mol. The smallest absolute Gasteiger partial charge is 0.0284 e. The van der Waals surface area contributed by atoms with Crippen LogP contribution < -0.4 is 5.73 Å². The Labute approximate surface area is 128 Å². The molecule has 2 aromatic carbocycles. The topological polar surface area (TPSA) is 29.3 Å². The Kier molecular flexibility index (Phi) is 5.54. The molecular formula is C19H26N2. The van der Waals surface area contributed by atoms with Crippen LogP contribution in [0.25, 0.3) is 0 Å². The second-order valence-electron chi connectivity index (χ2n) is 5.90. The first kappa shape index (κ1) is 15.7. The van der Waals surface area contributed by atoms with Gasteiger partial charge in [0, 0.05) is 19.1 Å². The van der Waals surface area contributed by atoms with Gasteiger partial charge in [0.1, 0.15) is 0 Å². The third-order valence-corrected chi connectivity index (χ3v) is 4.26. The third kappa shape index (κ3) is 4.16. The molecule has 2 nitrogen and oxygen atoms in total. The fourth-order valence-electron chi connectivity index (χ4n) is 2.84. The maximum Gasteiger partial charge on any atom is 0.0284 e. The fourth-order valence-corrected chi connectivity index (χ4v) is 2.84. The minimum Gasteiger partial charge on any atom is -0.329 e. The molecule has 0 spiro atoms. The summed E-state index contributed by atoms with van der Waals surface area (Å²) in [6.07, 6.45) is 0. The van der Waals surface area contributed by atoms with Crippen LogP contribution in [-0.4, -0.2) is 24.5 Å². The highest BCUT2D eigenvalue weighted by atomic mass is 15.1. The van der Waals surface area contributed by atoms with Crippen molar-refractivity contribution in [3.8, 4) is 0 Å². The van der Waals surface area contributed by atoms with E-state index in [0.29, 0.717) is 18.5 Å². The molecule has 0 heterocycles. The van der Waals surface area contributed by atoms with Crippen molar-refractivity contribution in [2.24, 2.45) is 5.73 Å². The summed E-state index contributed by atoms with van der Waals surface area (Å²) < 4.78 is 0.